The normalized spacial score (nSPS) is 20.8. The average Bonchev–Trinajstić information content (AvgIpc) is 3.37. The number of hydrogen-bond acceptors (Lipinski definition) is 11. The summed E-state index contributed by atoms with van der Waals surface area (Å²) < 4.78 is 0. The molecule has 4 rings (SSSR count). The van der Waals surface area contributed by atoms with Crippen molar-refractivity contribution in [2.45, 2.75) is 39.7 Å². The van der Waals surface area contributed by atoms with Crippen LogP contribution in [0.25, 0.3) is 0 Å². The summed E-state index contributed by atoms with van der Waals surface area (Å²) in [6, 6.07) is 4.63. The maximum atomic E-state index is 12.9. The molecule has 1 saturated heterocycles. The number of nitrogens with two attached hydrogens (primary N) is 1. The van der Waals surface area contributed by atoms with E-state index in [4.69, 9.17) is 10.8 Å². The lowest BCUT2D eigenvalue weighted by molar-refractivity contribution is -0.150. The summed E-state index contributed by atoms with van der Waals surface area (Å²) in [5, 5.41) is 34.3. The van der Waals surface area contributed by atoms with E-state index in [-0.39, 0.29) is 16.7 Å². The lowest BCUT2D eigenvalue weighted by Gasteiger charge is -2.50. The minimum atomic E-state index is -1.23. The van der Waals surface area contributed by atoms with Crippen molar-refractivity contribution in [3.63, 3.8) is 0 Å². The largest absolute Gasteiger partial charge is 0.481 e. The number of aromatic nitrogens is 4. The number of aromatic amines is 1. The summed E-state index contributed by atoms with van der Waals surface area (Å²) in [5.41, 5.74) is 7.02. The van der Waals surface area contributed by atoms with Crippen LogP contribution in [0.15, 0.2) is 45.6 Å². The molecule has 0 spiro atoms. The molecule has 3 unspecified atom stereocenters. The fourth-order valence-corrected chi connectivity index (χ4v) is 6.84. The zero-order chi connectivity index (χ0) is 26.0. The van der Waals surface area contributed by atoms with Crippen LogP contribution in [0, 0.1) is 0 Å². The molecule has 2 aromatic rings. The van der Waals surface area contributed by atoms with E-state index in [1.807, 2.05) is 0 Å². The van der Waals surface area contributed by atoms with Crippen LogP contribution in [0.4, 0.5) is 0 Å². The molecule has 2 aliphatic rings. The van der Waals surface area contributed by atoms with E-state index in [0.29, 0.717) is 26.9 Å². The van der Waals surface area contributed by atoms with Crippen LogP contribution in [-0.4, -0.2) is 87.7 Å². The van der Waals surface area contributed by atoms with Gasteiger partial charge in [-0.05, 0) is 40.6 Å². The molecule has 36 heavy (non-hydrogen) atoms. The van der Waals surface area contributed by atoms with Crippen molar-refractivity contribution in [3.8, 4) is 0 Å². The summed E-state index contributed by atoms with van der Waals surface area (Å²) in [5.74, 6) is -3.12. The number of rotatable bonds is 10. The number of fused-ring (bicyclic) bond motifs is 1. The predicted octanol–water partition coefficient (Wildman–Crippen LogP) is 0.296. The van der Waals surface area contributed by atoms with Crippen molar-refractivity contribution in [1.82, 2.24) is 30.8 Å². The Hall–Kier alpha value is -3.08. The molecule has 0 bridgehead atoms. The third kappa shape index (κ3) is 5.35. The van der Waals surface area contributed by atoms with Gasteiger partial charge in [0.25, 0.3) is 5.91 Å². The van der Waals surface area contributed by atoms with Gasteiger partial charge in [0.1, 0.15) is 23.2 Å². The Morgan fingerprint density at radius 1 is 1.36 bits per heavy atom. The van der Waals surface area contributed by atoms with Gasteiger partial charge in [0.2, 0.25) is 11.1 Å². The average molecular weight is 552 g/mol. The Labute approximate surface area is 217 Å². The number of carboxylic acids is 2. The second-order valence-corrected chi connectivity index (χ2v) is 11.3. The highest BCUT2D eigenvalue weighted by Gasteiger charge is 2.54. The van der Waals surface area contributed by atoms with Gasteiger partial charge in [-0.2, -0.15) is 0 Å². The summed E-state index contributed by atoms with van der Waals surface area (Å²) in [6.45, 7) is 1.80. The molecule has 6 N–H and O–H groups in total. The van der Waals surface area contributed by atoms with Gasteiger partial charge in [-0.3, -0.25) is 19.3 Å². The van der Waals surface area contributed by atoms with Crippen molar-refractivity contribution in [2.24, 2.45) is 5.73 Å². The van der Waals surface area contributed by atoms with Crippen LogP contribution in [-0.2, 0) is 19.2 Å². The van der Waals surface area contributed by atoms with Crippen LogP contribution < -0.4 is 11.1 Å². The highest BCUT2D eigenvalue weighted by Crippen LogP contribution is 2.43. The summed E-state index contributed by atoms with van der Waals surface area (Å²) in [7, 11) is 0. The molecule has 0 aliphatic carbocycles. The van der Waals surface area contributed by atoms with Gasteiger partial charge >= 0.3 is 11.9 Å². The molecule has 3 heterocycles. The molecular weight excluding hydrogens is 530 g/mol. The van der Waals surface area contributed by atoms with Crippen LogP contribution in [0.3, 0.4) is 0 Å². The number of tetrazole rings is 1. The number of thioether (sulfide) groups is 3. The molecule has 1 aromatic heterocycles. The maximum absolute atomic E-state index is 12.9. The van der Waals surface area contributed by atoms with Gasteiger partial charge in [0.05, 0.1) is 5.75 Å². The molecule has 1 aromatic carbocycles. The molecule has 1 fully saturated rings. The number of aliphatic carboxylic acids is 2. The second-order valence-electron chi connectivity index (χ2n) is 7.77. The van der Waals surface area contributed by atoms with E-state index in [0.717, 1.165) is 11.8 Å². The molecule has 2 aliphatic heterocycles. The number of H-pyrrole nitrogens is 1. The molecule has 190 valence electrons. The first-order valence-corrected chi connectivity index (χ1v) is 13.4. The van der Waals surface area contributed by atoms with Gasteiger partial charge in [0.15, 0.2) is 0 Å². The van der Waals surface area contributed by atoms with Crippen molar-refractivity contribution >= 4 is 59.0 Å². The number of carbonyl (C=O) groups excluding carboxylic acids is 2. The molecule has 0 saturated carbocycles. The Bertz CT molecular complexity index is 1220. The van der Waals surface area contributed by atoms with Crippen LogP contribution in [0.2, 0.25) is 0 Å². The smallest absolute Gasteiger partial charge is 0.352 e. The number of amides is 2. The van der Waals surface area contributed by atoms with Crippen LogP contribution in [0.1, 0.15) is 18.5 Å². The number of nitrogens with one attached hydrogen (secondary N) is 2. The first-order chi connectivity index (χ1) is 17.2. The summed E-state index contributed by atoms with van der Waals surface area (Å²) >= 11 is 3.69. The highest BCUT2D eigenvalue weighted by atomic mass is 32.2. The first-order valence-electron chi connectivity index (χ1n) is 10.5. The van der Waals surface area contributed by atoms with Gasteiger partial charge in [0, 0.05) is 15.9 Å². The zero-order valence-corrected chi connectivity index (χ0v) is 21.1. The van der Waals surface area contributed by atoms with Crippen molar-refractivity contribution < 1.29 is 29.4 Å². The van der Waals surface area contributed by atoms with E-state index in [1.165, 1.54) is 28.4 Å². The van der Waals surface area contributed by atoms with E-state index < -0.39 is 41.2 Å². The quantitative estimate of drug-likeness (QED) is 0.199. The van der Waals surface area contributed by atoms with E-state index in [9.17, 15) is 24.3 Å². The van der Waals surface area contributed by atoms with Gasteiger partial charge < -0.3 is 21.3 Å². The molecule has 2 amide bonds. The number of carbonyl (C=O) groups is 4. The predicted molar refractivity (Wildman–Crippen MR) is 131 cm³/mol. The zero-order valence-electron chi connectivity index (χ0n) is 18.7. The standard InChI is InChI=1S/C20H21N7O6S3/c1-8(36-20-23-25-26-24-20)11-6-35-18-14(17(31)27(18)15(11)19(32)33)22-16(30)13(21)9-3-2-4-10(5-9)34-7-12(28)29/h2-5,8,13-14,18H,6-7,21H2,1H3,(H,22,30)(H,28,29)(H,32,33)(H,23,24,25,26)/t8?,13?,14?,18-/m0/s1. The summed E-state index contributed by atoms with van der Waals surface area (Å²) in [4.78, 5) is 50.5. The Kier molecular flexibility index (Phi) is 7.87. The van der Waals surface area contributed by atoms with Crippen LogP contribution >= 0.6 is 35.3 Å². The van der Waals surface area contributed by atoms with Crippen LogP contribution in [0.5, 0.6) is 0 Å². The lowest BCUT2D eigenvalue weighted by atomic mass is 10.0. The Morgan fingerprint density at radius 2 is 2.14 bits per heavy atom. The highest BCUT2D eigenvalue weighted by molar-refractivity contribution is 8.01. The third-order valence-corrected chi connectivity index (χ3v) is 8.78. The molecular formula is C20H21N7O6S3. The monoisotopic (exact) mass is 551 g/mol. The van der Waals surface area contributed by atoms with E-state index in [2.05, 4.69) is 25.9 Å². The fourth-order valence-electron chi connectivity index (χ4n) is 3.73. The maximum Gasteiger partial charge on any atom is 0.352 e. The number of β-lactam (4-membered cyclic amide) rings is 1. The van der Waals surface area contributed by atoms with Gasteiger partial charge in [-0.1, -0.05) is 23.9 Å². The second kappa shape index (κ2) is 10.9. The fraction of sp³-hybridized carbons (Fsp3) is 0.350. The third-order valence-electron chi connectivity index (χ3n) is 5.47. The van der Waals surface area contributed by atoms with Crippen molar-refractivity contribution in [2.75, 3.05) is 11.5 Å². The molecule has 13 nitrogen and oxygen atoms in total. The lowest BCUT2D eigenvalue weighted by Crippen LogP contribution is -2.71. The first kappa shape index (κ1) is 26.0. The molecule has 16 heteroatoms. The Balaban J connectivity index is 1.45. The van der Waals surface area contributed by atoms with Gasteiger partial charge in [-0.15, -0.1) is 28.6 Å². The van der Waals surface area contributed by atoms with Crippen molar-refractivity contribution in [1.29, 1.82) is 0 Å². The minimum Gasteiger partial charge on any atom is -0.481 e. The van der Waals surface area contributed by atoms with E-state index in [1.54, 1.807) is 31.2 Å². The number of carboxylic acid groups (broad SMARTS) is 2. The topological polar surface area (TPSA) is 204 Å². The van der Waals surface area contributed by atoms with Crippen molar-refractivity contribution in [3.05, 3.63) is 41.1 Å². The summed E-state index contributed by atoms with van der Waals surface area (Å²) in [6.07, 6.45) is 0. The number of benzene rings is 1. The molecule has 4 atom stereocenters. The number of hydrogen-bond donors (Lipinski definition) is 5. The van der Waals surface area contributed by atoms with E-state index >= 15 is 0 Å². The minimum absolute atomic E-state index is 0.103. The Morgan fingerprint density at radius 3 is 2.81 bits per heavy atom. The molecule has 0 radical (unpaired) electrons. The van der Waals surface area contributed by atoms with Gasteiger partial charge in [-0.25, -0.2) is 9.89 Å². The SMILES string of the molecule is CC(Sc1nnn[nH]1)C1=C(C(=O)O)N2C(=O)C(NC(=O)C(N)c3cccc(SCC(=O)O)c3)[C@@H]2SC1. The number of nitrogens with zero attached hydrogens (tertiary/aromatic N) is 4.